The SMILES string of the molecule is C#COCCC/C=C(\C)CCC=C(C)C. The highest BCUT2D eigenvalue weighted by Crippen LogP contribution is 2.08. The summed E-state index contributed by atoms with van der Waals surface area (Å²) in [6.45, 7) is 7.11. The highest BCUT2D eigenvalue weighted by Gasteiger charge is 1.89. The predicted molar refractivity (Wildman–Crippen MR) is 66.4 cm³/mol. The summed E-state index contributed by atoms with van der Waals surface area (Å²) in [6, 6.07) is 0. The molecule has 0 aliphatic rings. The summed E-state index contributed by atoms with van der Waals surface area (Å²) in [4.78, 5) is 0. The van der Waals surface area contributed by atoms with Crippen molar-refractivity contribution >= 4 is 0 Å². The van der Waals surface area contributed by atoms with Gasteiger partial charge in [-0.15, -0.1) is 0 Å². The van der Waals surface area contributed by atoms with Crippen LogP contribution >= 0.6 is 0 Å². The Hall–Kier alpha value is -1.16. The highest BCUT2D eigenvalue weighted by molar-refractivity contribution is 5.01. The maximum absolute atomic E-state index is 4.97. The van der Waals surface area contributed by atoms with Crippen LogP contribution in [0.25, 0.3) is 0 Å². The number of hydrogen-bond donors (Lipinski definition) is 0. The third-order valence-electron chi connectivity index (χ3n) is 2.12. The minimum absolute atomic E-state index is 0.661. The van der Waals surface area contributed by atoms with E-state index in [2.05, 4.69) is 39.0 Å². The Labute approximate surface area is 94.2 Å². The van der Waals surface area contributed by atoms with E-state index in [0.717, 1.165) is 25.7 Å². The zero-order valence-electron chi connectivity index (χ0n) is 10.2. The summed E-state index contributed by atoms with van der Waals surface area (Å²) in [5.74, 6) is 0. The fraction of sp³-hybridized carbons (Fsp3) is 0.571. The minimum atomic E-state index is 0.661. The molecule has 0 aliphatic heterocycles. The van der Waals surface area contributed by atoms with Crippen LogP contribution in [0.15, 0.2) is 23.3 Å². The van der Waals surface area contributed by atoms with Gasteiger partial charge in [0, 0.05) is 0 Å². The second-order valence-corrected chi connectivity index (χ2v) is 3.98. The van der Waals surface area contributed by atoms with Crippen LogP contribution in [0.5, 0.6) is 0 Å². The molecule has 0 radical (unpaired) electrons. The predicted octanol–water partition coefficient (Wildman–Crippen LogP) is 4.07. The molecule has 0 amide bonds. The van der Waals surface area contributed by atoms with Gasteiger partial charge in [-0.3, -0.25) is 0 Å². The van der Waals surface area contributed by atoms with Crippen molar-refractivity contribution in [3.8, 4) is 12.5 Å². The van der Waals surface area contributed by atoms with E-state index in [1.54, 1.807) is 0 Å². The molecule has 0 saturated heterocycles. The standard InChI is InChI=1S/C14H22O/c1-5-15-12-7-6-10-14(4)11-8-9-13(2)3/h1,9-10H,6-8,11-12H2,2-4H3/b14-10+. The summed E-state index contributed by atoms with van der Waals surface area (Å²) in [5, 5.41) is 0. The van der Waals surface area contributed by atoms with Crippen molar-refractivity contribution < 1.29 is 4.74 Å². The van der Waals surface area contributed by atoms with Crippen LogP contribution in [-0.4, -0.2) is 6.61 Å². The third kappa shape index (κ3) is 10.8. The molecule has 0 aromatic rings. The van der Waals surface area contributed by atoms with Gasteiger partial charge in [0.2, 0.25) is 0 Å². The lowest BCUT2D eigenvalue weighted by Crippen LogP contribution is -1.86. The normalized spacial score (nSPS) is 10.7. The number of terminal acetylenes is 1. The second-order valence-electron chi connectivity index (χ2n) is 3.98. The molecule has 0 aliphatic carbocycles. The average Bonchev–Trinajstić information content (AvgIpc) is 2.17. The highest BCUT2D eigenvalue weighted by atomic mass is 16.5. The van der Waals surface area contributed by atoms with Crippen molar-refractivity contribution in [2.24, 2.45) is 0 Å². The minimum Gasteiger partial charge on any atom is -0.447 e. The molecule has 84 valence electrons. The maximum Gasteiger partial charge on any atom is 0.106 e. The second kappa shape index (κ2) is 9.40. The van der Waals surface area contributed by atoms with E-state index in [1.807, 2.05) is 0 Å². The topological polar surface area (TPSA) is 9.23 Å². The van der Waals surface area contributed by atoms with Crippen molar-refractivity contribution in [1.82, 2.24) is 0 Å². The quantitative estimate of drug-likeness (QED) is 0.346. The Kier molecular flexibility index (Phi) is 8.67. The van der Waals surface area contributed by atoms with Crippen LogP contribution in [0.1, 0.15) is 46.5 Å². The van der Waals surface area contributed by atoms with E-state index in [-0.39, 0.29) is 0 Å². The van der Waals surface area contributed by atoms with Crippen molar-refractivity contribution in [3.63, 3.8) is 0 Å². The van der Waals surface area contributed by atoms with Gasteiger partial charge in [-0.2, -0.15) is 0 Å². The number of unbranched alkanes of at least 4 members (excludes halogenated alkanes) is 1. The summed E-state index contributed by atoms with van der Waals surface area (Å²) in [5.41, 5.74) is 2.85. The van der Waals surface area contributed by atoms with Gasteiger partial charge >= 0.3 is 0 Å². The van der Waals surface area contributed by atoms with Crippen molar-refractivity contribution in [2.75, 3.05) is 6.61 Å². The summed E-state index contributed by atoms with van der Waals surface area (Å²) < 4.78 is 4.82. The Morgan fingerprint density at radius 3 is 2.53 bits per heavy atom. The van der Waals surface area contributed by atoms with Gasteiger partial charge < -0.3 is 4.74 Å². The number of ether oxygens (including phenoxy) is 1. The molecule has 0 heterocycles. The molecule has 1 heteroatoms. The van der Waals surface area contributed by atoms with Gasteiger partial charge in [0.15, 0.2) is 0 Å². The van der Waals surface area contributed by atoms with Crippen LogP contribution in [-0.2, 0) is 4.74 Å². The van der Waals surface area contributed by atoms with Crippen molar-refractivity contribution in [2.45, 2.75) is 46.5 Å². The fourth-order valence-electron chi connectivity index (χ4n) is 1.25. The zero-order valence-corrected chi connectivity index (χ0v) is 10.2. The van der Waals surface area contributed by atoms with Crippen LogP contribution in [0, 0.1) is 12.5 Å². The Morgan fingerprint density at radius 2 is 1.93 bits per heavy atom. The largest absolute Gasteiger partial charge is 0.447 e. The van der Waals surface area contributed by atoms with E-state index >= 15 is 0 Å². The lowest BCUT2D eigenvalue weighted by Gasteiger charge is -1.99. The Morgan fingerprint density at radius 1 is 1.20 bits per heavy atom. The van der Waals surface area contributed by atoms with Crippen molar-refractivity contribution in [3.05, 3.63) is 23.3 Å². The van der Waals surface area contributed by atoms with Gasteiger partial charge in [0.05, 0.1) is 0 Å². The number of hydrogen-bond acceptors (Lipinski definition) is 1. The van der Waals surface area contributed by atoms with Crippen LogP contribution in [0.2, 0.25) is 0 Å². The first-order valence-electron chi connectivity index (χ1n) is 5.53. The summed E-state index contributed by atoms with van der Waals surface area (Å²) in [7, 11) is 0. The molecular weight excluding hydrogens is 184 g/mol. The van der Waals surface area contributed by atoms with Crippen LogP contribution in [0.3, 0.4) is 0 Å². The van der Waals surface area contributed by atoms with E-state index in [4.69, 9.17) is 11.2 Å². The van der Waals surface area contributed by atoms with E-state index in [9.17, 15) is 0 Å². The lowest BCUT2D eigenvalue weighted by molar-refractivity contribution is 0.273. The number of rotatable bonds is 7. The van der Waals surface area contributed by atoms with Gasteiger partial charge in [-0.25, -0.2) is 0 Å². The molecular formula is C14H22O. The molecule has 0 atom stereocenters. The molecule has 0 N–H and O–H groups in total. The molecule has 0 unspecified atom stereocenters. The molecule has 1 nitrogen and oxygen atoms in total. The number of allylic oxidation sites excluding steroid dienone is 4. The monoisotopic (exact) mass is 206 g/mol. The zero-order chi connectivity index (χ0) is 11.5. The van der Waals surface area contributed by atoms with Gasteiger partial charge in [-0.1, -0.05) is 29.7 Å². The molecule has 0 rings (SSSR count). The third-order valence-corrected chi connectivity index (χ3v) is 2.12. The summed E-state index contributed by atoms with van der Waals surface area (Å²) in [6.07, 6.45) is 16.1. The van der Waals surface area contributed by atoms with Gasteiger partial charge in [-0.05, 0) is 46.5 Å². The summed E-state index contributed by atoms with van der Waals surface area (Å²) >= 11 is 0. The maximum atomic E-state index is 4.97. The van der Waals surface area contributed by atoms with E-state index in [1.165, 1.54) is 11.1 Å². The van der Waals surface area contributed by atoms with Gasteiger partial charge in [0.1, 0.15) is 12.7 Å². The smallest absolute Gasteiger partial charge is 0.106 e. The first-order chi connectivity index (χ1) is 7.16. The first kappa shape index (κ1) is 13.8. The molecule has 0 saturated carbocycles. The first-order valence-corrected chi connectivity index (χ1v) is 5.53. The Bertz CT molecular complexity index is 249. The lowest BCUT2D eigenvalue weighted by atomic mass is 10.1. The van der Waals surface area contributed by atoms with Crippen LogP contribution < -0.4 is 0 Å². The van der Waals surface area contributed by atoms with Crippen LogP contribution in [0.4, 0.5) is 0 Å². The van der Waals surface area contributed by atoms with Gasteiger partial charge in [0.25, 0.3) is 0 Å². The van der Waals surface area contributed by atoms with E-state index < -0.39 is 0 Å². The average molecular weight is 206 g/mol. The molecule has 0 bridgehead atoms. The molecule has 0 fully saturated rings. The van der Waals surface area contributed by atoms with E-state index in [0.29, 0.717) is 6.61 Å². The Balaban J connectivity index is 3.53. The molecule has 0 aromatic carbocycles. The molecule has 15 heavy (non-hydrogen) atoms. The fourth-order valence-corrected chi connectivity index (χ4v) is 1.25. The molecule has 0 aromatic heterocycles. The molecule has 0 spiro atoms. The van der Waals surface area contributed by atoms with Crippen molar-refractivity contribution in [1.29, 1.82) is 0 Å².